The highest BCUT2D eigenvalue weighted by atomic mass is 32.2. The van der Waals surface area contributed by atoms with Gasteiger partial charge in [0.25, 0.3) is 0 Å². The Balaban J connectivity index is 2.02. The predicted molar refractivity (Wildman–Crippen MR) is 80.3 cm³/mol. The minimum atomic E-state index is 0.744. The lowest BCUT2D eigenvalue weighted by Gasteiger charge is -2.03. The Labute approximate surface area is 119 Å². The Morgan fingerprint density at radius 3 is 2.74 bits per heavy atom. The second-order valence-corrected chi connectivity index (χ2v) is 6.46. The Hall–Kier alpha value is -1.65. The van der Waals surface area contributed by atoms with Crippen molar-refractivity contribution in [2.45, 2.75) is 16.7 Å². The summed E-state index contributed by atoms with van der Waals surface area (Å²) >= 11 is 3.16. The molecule has 19 heavy (non-hydrogen) atoms. The van der Waals surface area contributed by atoms with Crippen LogP contribution in [0.1, 0.15) is 15.2 Å². The smallest absolute Gasteiger partial charge is 0.160 e. The number of fused-ring (bicyclic) bond motifs is 1. The fourth-order valence-electron chi connectivity index (χ4n) is 1.83. The number of benzene rings is 1. The summed E-state index contributed by atoms with van der Waals surface area (Å²) in [6, 6.07) is 10.3. The highest BCUT2D eigenvalue weighted by Crippen LogP contribution is 2.36. The van der Waals surface area contributed by atoms with Crippen molar-refractivity contribution in [1.29, 1.82) is 0 Å². The molecule has 0 atom stereocenters. The molecule has 0 bridgehead atoms. The predicted octanol–water partition coefficient (Wildman–Crippen LogP) is 4.57. The standard InChI is InChI=1S/C15H11NOS2/c1-10-2-4-11(5-3-10)18-14-7-16-8-15-13(14)6-12(9-17)19-15/h2-9H,1H3. The first kappa shape index (κ1) is 12.4. The number of hydrogen-bond acceptors (Lipinski definition) is 4. The summed E-state index contributed by atoms with van der Waals surface area (Å²) in [5.74, 6) is 0. The van der Waals surface area contributed by atoms with E-state index < -0.39 is 0 Å². The van der Waals surface area contributed by atoms with Crippen LogP contribution in [0.5, 0.6) is 0 Å². The lowest BCUT2D eigenvalue weighted by Crippen LogP contribution is -1.78. The average molecular weight is 285 g/mol. The monoisotopic (exact) mass is 285 g/mol. The van der Waals surface area contributed by atoms with E-state index in [2.05, 4.69) is 36.2 Å². The van der Waals surface area contributed by atoms with E-state index in [-0.39, 0.29) is 0 Å². The van der Waals surface area contributed by atoms with Gasteiger partial charge in [0, 0.05) is 27.6 Å². The molecule has 0 N–H and O–H groups in total. The fraction of sp³-hybridized carbons (Fsp3) is 0.0667. The van der Waals surface area contributed by atoms with E-state index in [1.54, 1.807) is 11.8 Å². The molecule has 2 nitrogen and oxygen atoms in total. The van der Waals surface area contributed by atoms with Crippen molar-refractivity contribution in [3.63, 3.8) is 0 Å². The van der Waals surface area contributed by atoms with Crippen LogP contribution in [0.3, 0.4) is 0 Å². The van der Waals surface area contributed by atoms with E-state index in [1.165, 1.54) is 21.8 Å². The van der Waals surface area contributed by atoms with Crippen molar-refractivity contribution in [1.82, 2.24) is 4.98 Å². The van der Waals surface area contributed by atoms with E-state index in [4.69, 9.17) is 0 Å². The number of nitrogens with zero attached hydrogens (tertiary/aromatic N) is 1. The molecule has 0 aliphatic rings. The van der Waals surface area contributed by atoms with Gasteiger partial charge in [-0.1, -0.05) is 29.5 Å². The molecule has 94 valence electrons. The number of aryl methyl sites for hydroxylation is 1. The summed E-state index contributed by atoms with van der Waals surface area (Å²) in [5, 5.41) is 1.10. The van der Waals surface area contributed by atoms with Crippen LogP contribution in [0, 0.1) is 6.92 Å². The topological polar surface area (TPSA) is 30.0 Å². The fourth-order valence-corrected chi connectivity index (χ4v) is 3.68. The molecule has 2 aromatic heterocycles. The number of carbonyl (C=O) groups is 1. The number of carbonyl (C=O) groups excluding carboxylic acids is 1. The molecule has 0 unspecified atom stereocenters. The lowest BCUT2D eigenvalue weighted by molar-refractivity contribution is 0.112. The number of pyridine rings is 1. The minimum Gasteiger partial charge on any atom is -0.297 e. The summed E-state index contributed by atoms with van der Waals surface area (Å²) in [5.41, 5.74) is 1.25. The zero-order chi connectivity index (χ0) is 13.2. The van der Waals surface area contributed by atoms with E-state index in [0.717, 1.165) is 26.1 Å². The lowest BCUT2D eigenvalue weighted by atomic mass is 10.2. The molecule has 4 heteroatoms. The Bertz CT molecular complexity index is 731. The Morgan fingerprint density at radius 1 is 1.21 bits per heavy atom. The molecule has 0 amide bonds. The highest BCUT2D eigenvalue weighted by Gasteiger charge is 2.07. The van der Waals surface area contributed by atoms with Gasteiger partial charge in [-0.2, -0.15) is 0 Å². The molecule has 0 saturated carbocycles. The first-order valence-electron chi connectivity index (χ1n) is 5.83. The molecule has 0 radical (unpaired) electrons. The van der Waals surface area contributed by atoms with Crippen molar-refractivity contribution in [2.24, 2.45) is 0 Å². The van der Waals surface area contributed by atoms with Gasteiger partial charge in [0.2, 0.25) is 0 Å². The molecule has 3 aromatic rings. The second-order valence-electron chi connectivity index (χ2n) is 4.23. The van der Waals surface area contributed by atoms with E-state index >= 15 is 0 Å². The maximum absolute atomic E-state index is 10.9. The van der Waals surface area contributed by atoms with Crippen molar-refractivity contribution in [3.8, 4) is 0 Å². The molecule has 3 rings (SSSR count). The van der Waals surface area contributed by atoms with Crippen LogP contribution in [0.25, 0.3) is 10.1 Å². The third kappa shape index (κ3) is 2.55. The van der Waals surface area contributed by atoms with Gasteiger partial charge in [-0.15, -0.1) is 11.3 Å². The molecular weight excluding hydrogens is 274 g/mol. The first-order chi connectivity index (χ1) is 9.26. The van der Waals surface area contributed by atoms with E-state index in [9.17, 15) is 4.79 Å². The summed E-state index contributed by atoms with van der Waals surface area (Å²) in [4.78, 5) is 18.1. The first-order valence-corrected chi connectivity index (χ1v) is 7.47. The van der Waals surface area contributed by atoms with Gasteiger partial charge in [0.05, 0.1) is 9.58 Å². The van der Waals surface area contributed by atoms with E-state index in [0.29, 0.717) is 0 Å². The SMILES string of the molecule is Cc1ccc(Sc2cncc3sc(C=O)cc23)cc1. The third-order valence-corrected chi connectivity index (χ3v) is 4.84. The second kappa shape index (κ2) is 5.15. The van der Waals surface area contributed by atoms with Gasteiger partial charge in [0.15, 0.2) is 6.29 Å². The Kier molecular flexibility index (Phi) is 3.36. The molecular formula is C15H11NOS2. The highest BCUT2D eigenvalue weighted by molar-refractivity contribution is 7.99. The number of aromatic nitrogens is 1. The van der Waals surface area contributed by atoms with Gasteiger partial charge in [-0.3, -0.25) is 9.78 Å². The molecule has 0 spiro atoms. The molecule has 2 heterocycles. The molecule has 0 fully saturated rings. The van der Waals surface area contributed by atoms with Crippen LogP contribution in [0.4, 0.5) is 0 Å². The van der Waals surface area contributed by atoms with Gasteiger partial charge < -0.3 is 0 Å². The maximum atomic E-state index is 10.9. The number of thiophene rings is 1. The maximum Gasteiger partial charge on any atom is 0.160 e. The zero-order valence-electron chi connectivity index (χ0n) is 10.3. The normalized spacial score (nSPS) is 10.8. The summed E-state index contributed by atoms with van der Waals surface area (Å²) in [7, 11) is 0. The van der Waals surface area contributed by atoms with Crippen LogP contribution < -0.4 is 0 Å². The molecule has 0 aliphatic carbocycles. The van der Waals surface area contributed by atoms with E-state index in [1.807, 2.05) is 18.5 Å². The van der Waals surface area contributed by atoms with Crippen molar-refractivity contribution in [2.75, 3.05) is 0 Å². The van der Waals surface area contributed by atoms with Crippen LogP contribution >= 0.6 is 23.1 Å². The molecule has 0 saturated heterocycles. The number of aldehydes is 1. The molecule has 0 aliphatic heterocycles. The number of rotatable bonds is 3. The minimum absolute atomic E-state index is 0.744. The zero-order valence-corrected chi connectivity index (χ0v) is 11.9. The largest absolute Gasteiger partial charge is 0.297 e. The van der Waals surface area contributed by atoms with Gasteiger partial charge in [-0.05, 0) is 25.1 Å². The quantitative estimate of drug-likeness (QED) is 0.660. The summed E-state index contributed by atoms with van der Waals surface area (Å²) in [6.07, 6.45) is 4.56. The average Bonchev–Trinajstić information content (AvgIpc) is 2.85. The van der Waals surface area contributed by atoms with Crippen LogP contribution in [-0.4, -0.2) is 11.3 Å². The Morgan fingerprint density at radius 2 is 2.00 bits per heavy atom. The number of hydrogen-bond donors (Lipinski definition) is 0. The summed E-state index contributed by atoms with van der Waals surface area (Å²) < 4.78 is 1.05. The van der Waals surface area contributed by atoms with Crippen LogP contribution in [0.15, 0.2) is 52.5 Å². The van der Waals surface area contributed by atoms with Gasteiger partial charge in [-0.25, -0.2) is 0 Å². The third-order valence-electron chi connectivity index (χ3n) is 2.79. The van der Waals surface area contributed by atoms with Gasteiger partial charge in [0.1, 0.15) is 0 Å². The molecule has 1 aromatic carbocycles. The van der Waals surface area contributed by atoms with Crippen molar-refractivity contribution in [3.05, 3.63) is 53.2 Å². The van der Waals surface area contributed by atoms with Crippen LogP contribution in [-0.2, 0) is 0 Å². The summed E-state index contributed by atoms with van der Waals surface area (Å²) in [6.45, 7) is 2.08. The van der Waals surface area contributed by atoms with Crippen molar-refractivity contribution >= 4 is 39.5 Å². The van der Waals surface area contributed by atoms with Crippen molar-refractivity contribution < 1.29 is 4.79 Å². The van der Waals surface area contributed by atoms with Gasteiger partial charge >= 0.3 is 0 Å². The van der Waals surface area contributed by atoms with Crippen LogP contribution in [0.2, 0.25) is 0 Å².